The monoisotopic (exact) mass is 504 g/mol. The second kappa shape index (κ2) is 7.94. The third-order valence-electron chi connectivity index (χ3n) is 8.23. The summed E-state index contributed by atoms with van der Waals surface area (Å²) >= 11 is 12.5. The summed E-state index contributed by atoms with van der Waals surface area (Å²) < 4.78 is 20.8. The molecule has 2 heterocycles. The highest BCUT2D eigenvalue weighted by atomic mass is 35.5. The van der Waals surface area contributed by atoms with E-state index >= 15 is 4.39 Å². The van der Waals surface area contributed by atoms with Gasteiger partial charge in [-0.3, -0.25) is 14.9 Å². The molecule has 2 aliphatic heterocycles. The van der Waals surface area contributed by atoms with Crippen LogP contribution in [0.25, 0.3) is 0 Å². The van der Waals surface area contributed by atoms with Crippen LogP contribution in [0.5, 0.6) is 0 Å². The molecule has 1 saturated carbocycles. The van der Waals surface area contributed by atoms with Crippen molar-refractivity contribution in [2.75, 3.05) is 12.4 Å². The predicted molar refractivity (Wildman–Crippen MR) is 130 cm³/mol. The molecule has 2 aromatic rings. The zero-order chi connectivity index (χ0) is 24.5. The van der Waals surface area contributed by atoms with E-state index in [0.29, 0.717) is 29.1 Å². The molecule has 2 fully saturated rings. The number of amides is 1. The second-order valence-electron chi connectivity index (χ2n) is 10.5. The Kier molecular flexibility index (Phi) is 5.51. The highest BCUT2D eigenvalue weighted by molar-refractivity contribution is 6.31. The van der Waals surface area contributed by atoms with Crippen LogP contribution < -0.4 is 10.6 Å². The largest absolute Gasteiger partial charge is 0.468 e. The number of rotatable bonds is 2. The Balaban J connectivity index is 1.83. The van der Waals surface area contributed by atoms with Gasteiger partial charge in [0.2, 0.25) is 5.91 Å². The number of carbonyl (C=O) groups is 2. The molecule has 1 aliphatic carbocycles. The first-order valence-corrected chi connectivity index (χ1v) is 12.2. The van der Waals surface area contributed by atoms with E-state index in [1.165, 1.54) is 13.2 Å². The lowest BCUT2D eigenvalue weighted by Gasteiger charge is -2.50. The molecule has 0 bridgehead atoms. The molecule has 2 aromatic carbocycles. The van der Waals surface area contributed by atoms with Gasteiger partial charge in [-0.05, 0) is 60.4 Å². The van der Waals surface area contributed by atoms with Gasteiger partial charge in [0, 0.05) is 22.2 Å². The van der Waals surface area contributed by atoms with Crippen LogP contribution in [0.4, 0.5) is 10.1 Å². The Hall–Kier alpha value is -2.15. The molecule has 0 radical (unpaired) electrons. The van der Waals surface area contributed by atoms with Gasteiger partial charge in [-0.15, -0.1) is 0 Å². The van der Waals surface area contributed by atoms with Crippen molar-refractivity contribution in [2.24, 2.45) is 5.41 Å². The molecule has 34 heavy (non-hydrogen) atoms. The maximum absolute atomic E-state index is 15.6. The molecule has 2 unspecified atom stereocenters. The molecule has 8 heteroatoms. The van der Waals surface area contributed by atoms with Crippen molar-refractivity contribution in [1.82, 2.24) is 5.32 Å². The van der Waals surface area contributed by atoms with Crippen molar-refractivity contribution in [2.45, 2.75) is 62.4 Å². The molecule has 2 spiro atoms. The number of fused-ring (bicyclic) bond motifs is 3. The fourth-order valence-corrected chi connectivity index (χ4v) is 6.87. The highest BCUT2D eigenvalue weighted by Crippen LogP contribution is 2.64. The zero-order valence-corrected chi connectivity index (χ0v) is 20.8. The third kappa shape index (κ3) is 3.15. The van der Waals surface area contributed by atoms with Gasteiger partial charge in [-0.2, -0.15) is 0 Å². The van der Waals surface area contributed by atoms with Gasteiger partial charge < -0.3 is 10.1 Å². The van der Waals surface area contributed by atoms with Crippen LogP contribution in [-0.4, -0.2) is 30.6 Å². The van der Waals surface area contributed by atoms with Gasteiger partial charge in [0.15, 0.2) is 0 Å². The summed E-state index contributed by atoms with van der Waals surface area (Å²) in [6.45, 7) is 4.41. The molecule has 5 rings (SSSR count). The lowest BCUT2D eigenvalue weighted by molar-refractivity contribution is -0.143. The number of benzene rings is 2. The molecular weight excluding hydrogens is 478 g/mol. The summed E-state index contributed by atoms with van der Waals surface area (Å²) in [5.74, 6) is -2.32. The minimum absolute atomic E-state index is 0.0586. The topological polar surface area (TPSA) is 67.4 Å². The Morgan fingerprint density at radius 3 is 2.50 bits per heavy atom. The molecule has 0 aromatic heterocycles. The number of anilines is 1. The number of esters is 1. The van der Waals surface area contributed by atoms with Crippen LogP contribution in [0.15, 0.2) is 36.4 Å². The van der Waals surface area contributed by atoms with Crippen molar-refractivity contribution >= 4 is 40.8 Å². The number of hydrogen-bond acceptors (Lipinski definition) is 4. The molecule has 5 nitrogen and oxygen atoms in total. The Morgan fingerprint density at radius 1 is 1.12 bits per heavy atom. The maximum Gasteiger partial charge on any atom is 0.323 e. The van der Waals surface area contributed by atoms with Crippen LogP contribution in [0, 0.1) is 11.2 Å². The summed E-state index contributed by atoms with van der Waals surface area (Å²) in [6.07, 6.45) is 2.97. The van der Waals surface area contributed by atoms with Crippen molar-refractivity contribution in [1.29, 1.82) is 0 Å². The summed E-state index contributed by atoms with van der Waals surface area (Å²) in [5, 5.41) is 6.96. The van der Waals surface area contributed by atoms with Crippen LogP contribution in [0.1, 0.15) is 56.6 Å². The average Bonchev–Trinajstić information content (AvgIpc) is 3.25. The van der Waals surface area contributed by atoms with E-state index in [1.54, 1.807) is 24.3 Å². The van der Waals surface area contributed by atoms with Crippen molar-refractivity contribution in [3.8, 4) is 0 Å². The van der Waals surface area contributed by atoms with Crippen molar-refractivity contribution in [3.63, 3.8) is 0 Å². The van der Waals surface area contributed by atoms with E-state index in [4.69, 9.17) is 27.9 Å². The number of ether oxygens (including phenoxy) is 1. The molecule has 3 aliphatic rings. The van der Waals surface area contributed by atoms with Gasteiger partial charge in [0.25, 0.3) is 0 Å². The third-order valence-corrected chi connectivity index (χ3v) is 8.76. The molecule has 180 valence electrons. The molecule has 1 amide bonds. The van der Waals surface area contributed by atoms with E-state index in [9.17, 15) is 9.59 Å². The average molecular weight is 505 g/mol. The van der Waals surface area contributed by atoms with Gasteiger partial charge in [-0.25, -0.2) is 4.39 Å². The van der Waals surface area contributed by atoms with Crippen LogP contribution in [0.2, 0.25) is 10.0 Å². The molecular formula is C26H27Cl2FN2O3. The zero-order valence-electron chi connectivity index (χ0n) is 19.3. The molecule has 3 atom stereocenters. The minimum Gasteiger partial charge on any atom is -0.468 e. The van der Waals surface area contributed by atoms with Crippen molar-refractivity contribution < 1.29 is 18.7 Å². The van der Waals surface area contributed by atoms with E-state index in [1.807, 2.05) is 6.07 Å². The van der Waals surface area contributed by atoms with E-state index in [-0.39, 0.29) is 21.9 Å². The number of carbonyl (C=O) groups excluding carboxylic acids is 2. The quantitative estimate of drug-likeness (QED) is 0.523. The number of nitrogens with one attached hydrogen (secondary N) is 2. The summed E-state index contributed by atoms with van der Waals surface area (Å²) in [6, 6.07) is 9.05. The van der Waals surface area contributed by atoms with E-state index in [2.05, 4.69) is 24.5 Å². The minimum atomic E-state index is -1.26. The number of hydrogen-bond donors (Lipinski definition) is 2. The molecule has 1 saturated heterocycles. The van der Waals surface area contributed by atoms with E-state index in [0.717, 1.165) is 12.8 Å². The van der Waals surface area contributed by atoms with E-state index < -0.39 is 34.7 Å². The van der Waals surface area contributed by atoms with Crippen LogP contribution in [0.3, 0.4) is 0 Å². The van der Waals surface area contributed by atoms with Crippen LogP contribution >= 0.6 is 23.2 Å². The standard InChI is InChI=1S/C26H27Cl2FN2O3/c1-24(2)9-11-25(12-10-24)26(16-8-7-14(27)13-18(16)30-23(26)33)19(21(31-25)22(32)34-3)15-5-4-6-17(28)20(15)29/h4-8,13,19,21,31H,9-12H2,1-3H3,(H,30,33)/t19?,21?,26-/m1/s1. The first-order valence-electron chi connectivity index (χ1n) is 11.5. The Bertz CT molecular complexity index is 1190. The Morgan fingerprint density at radius 2 is 1.82 bits per heavy atom. The maximum atomic E-state index is 15.6. The van der Waals surface area contributed by atoms with Gasteiger partial charge in [0.1, 0.15) is 17.3 Å². The van der Waals surface area contributed by atoms with Gasteiger partial charge in [-0.1, -0.05) is 55.2 Å². The lowest BCUT2D eigenvalue weighted by Crippen LogP contribution is -2.61. The SMILES string of the molecule is COC(=O)C1NC2(CCC(C)(C)CC2)[C@@]2(C(=O)Nc3cc(Cl)ccc32)C1c1cccc(Cl)c1F. The summed E-state index contributed by atoms with van der Waals surface area (Å²) in [5.41, 5.74) is -0.439. The van der Waals surface area contributed by atoms with Crippen LogP contribution in [-0.2, 0) is 19.7 Å². The number of methoxy groups -OCH3 is 1. The fourth-order valence-electron chi connectivity index (χ4n) is 6.52. The second-order valence-corrected chi connectivity index (χ2v) is 11.3. The molecule has 2 N–H and O–H groups in total. The van der Waals surface area contributed by atoms with Gasteiger partial charge >= 0.3 is 5.97 Å². The smallest absolute Gasteiger partial charge is 0.323 e. The summed E-state index contributed by atoms with van der Waals surface area (Å²) in [7, 11) is 1.31. The number of halogens is 3. The van der Waals surface area contributed by atoms with Crippen molar-refractivity contribution in [3.05, 3.63) is 63.4 Å². The Labute approximate surface area is 208 Å². The fraction of sp³-hybridized carbons (Fsp3) is 0.462. The first kappa shape index (κ1) is 23.6. The normalized spacial score (nSPS) is 28.7. The lowest BCUT2D eigenvalue weighted by atomic mass is 9.53. The summed E-state index contributed by atoms with van der Waals surface area (Å²) in [4.78, 5) is 27.3. The first-order chi connectivity index (χ1) is 16.1. The predicted octanol–water partition coefficient (Wildman–Crippen LogP) is 5.59. The van der Waals surface area contributed by atoms with Gasteiger partial charge in [0.05, 0.1) is 12.1 Å². The highest BCUT2D eigenvalue weighted by Gasteiger charge is 2.73.